The van der Waals surface area contributed by atoms with Crippen LogP contribution in [-0.4, -0.2) is 53.3 Å². The van der Waals surface area contributed by atoms with E-state index in [1.165, 1.54) is 0 Å². The highest BCUT2D eigenvalue weighted by atomic mass is 33.1. The number of hydrogen-bond acceptors (Lipinski definition) is 5. The topological polar surface area (TPSA) is 6.48 Å². The molecule has 1 aliphatic rings. The van der Waals surface area contributed by atoms with Gasteiger partial charge in [0.25, 0.3) is 0 Å². The summed E-state index contributed by atoms with van der Waals surface area (Å²) in [6.45, 7) is 0.964. The Balaban J connectivity index is 0.000000310. The van der Waals surface area contributed by atoms with Gasteiger partial charge in [0.1, 0.15) is 4.32 Å². The zero-order chi connectivity index (χ0) is 10.3. The third-order valence-corrected chi connectivity index (χ3v) is 4.47. The molecule has 1 heterocycles. The van der Waals surface area contributed by atoms with E-state index < -0.39 is 0 Å². The standard InChI is InChI=1S/C5H10N2S2.C2H6S2/c1-6-3-7(2)5(8)9-4-6;1-3-4-2/h3-4H2,1-2H3;1-2H3. The molecule has 78 valence electrons. The monoisotopic (exact) mass is 256 g/mol. The number of thiocarbonyl (C=S) groups is 1. The van der Waals surface area contributed by atoms with E-state index in [1.807, 2.05) is 7.05 Å². The van der Waals surface area contributed by atoms with Crippen LogP contribution >= 0.6 is 45.6 Å². The molecule has 0 bridgehead atoms. The molecule has 0 radical (unpaired) electrons. The van der Waals surface area contributed by atoms with Crippen molar-refractivity contribution in [2.45, 2.75) is 0 Å². The smallest absolute Gasteiger partial charge is 0.138 e. The fraction of sp³-hybridized carbons (Fsp3) is 0.857. The Morgan fingerprint density at radius 3 is 2.15 bits per heavy atom. The summed E-state index contributed by atoms with van der Waals surface area (Å²) in [6, 6.07) is 0. The molecule has 0 aromatic carbocycles. The lowest BCUT2D eigenvalue weighted by atomic mass is 10.8. The molecule has 0 spiro atoms. The number of hydrogen-bond donors (Lipinski definition) is 0. The van der Waals surface area contributed by atoms with Crippen LogP contribution < -0.4 is 0 Å². The fourth-order valence-corrected chi connectivity index (χ4v) is 1.64. The molecule has 0 atom stereocenters. The average Bonchev–Trinajstić information content (AvgIpc) is 2.12. The maximum Gasteiger partial charge on any atom is 0.138 e. The lowest BCUT2D eigenvalue weighted by Gasteiger charge is -2.31. The molecular formula is C7H16N2S4. The second kappa shape index (κ2) is 8.23. The van der Waals surface area contributed by atoms with Gasteiger partial charge in [-0.15, -0.1) is 0 Å². The first-order valence-electron chi connectivity index (χ1n) is 3.75. The van der Waals surface area contributed by atoms with Gasteiger partial charge < -0.3 is 4.90 Å². The summed E-state index contributed by atoms with van der Waals surface area (Å²) < 4.78 is 1.01. The maximum absolute atomic E-state index is 5.04. The van der Waals surface area contributed by atoms with E-state index in [4.69, 9.17) is 12.2 Å². The number of rotatable bonds is 1. The van der Waals surface area contributed by atoms with Crippen molar-refractivity contribution >= 4 is 49.9 Å². The Morgan fingerprint density at radius 2 is 1.85 bits per heavy atom. The molecule has 0 saturated carbocycles. The molecule has 2 nitrogen and oxygen atoms in total. The highest BCUT2D eigenvalue weighted by molar-refractivity contribution is 8.76. The molecule has 1 fully saturated rings. The van der Waals surface area contributed by atoms with Crippen LogP contribution in [0.2, 0.25) is 0 Å². The first-order valence-corrected chi connectivity index (χ1v) is 8.11. The average molecular weight is 256 g/mol. The van der Waals surface area contributed by atoms with Gasteiger partial charge in [0.15, 0.2) is 0 Å². The summed E-state index contributed by atoms with van der Waals surface area (Å²) in [5.74, 6) is 1.03. The zero-order valence-electron chi connectivity index (χ0n) is 8.44. The van der Waals surface area contributed by atoms with Crippen molar-refractivity contribution < 1.29 is 0 Å². The van der Waals surface area contributed by atoms with Gasteiger partial charge in [-0.2, -0.15) is 0 Å². The fourth-order valence-electron chi connectivity index (χ4n) is 0.736. The highest BCUT2D eigenvalue weighted by Crippen LogP contribution is 2.14. The minimum absolute atomic E-state index is 0.964. The summed E-state index contributed by atoms with van der Waals surface area (Å²) in [7, 11) is 7.65. The van der Waals surface area contributed by atoms with E-state index in [2.05, 4.69) is 29.4 Å². The Hall–Kier alpha value is 0.900. The third kappa shape index (κ3) is 6.90. The SMILES string of the molecule is CN1CSC(=S)N(C)C1.CSSC. The number of nitrogens with zero attached hydrogens (tertiary/aromatic N) is 2. The van der Waals surface area contributed by atoms with Crippen LogP contribution in [0.1, 0.15) is 0 Å². The molecule has 0 aromatic heterocycles. The summed E-state index contributed by atoms with van der Waals surface area (Å²) in [5, 5.41) is 0. The minimum Gasteiger partial charge on any atom is -0.348 e. The molecular weight excluding hydrogens is 240 g/mol. The Labute approximate surface area is 98.6 Å². The van der Waals surface area contributed by atoms with E-state index in [0.29, 0.717) is 0 Å². The van der Waals surface area contributed by atoms with Crippen LogP contribution in [0.3, 0.4) is 0 Å². The van der Waals surface area contributed by atoms with E-state index in [0.717, 1.165) is 16.9 Å². The number of thioether (sulfide) groups is 1. The van der Waals surface area contributed by atoms with Gasteiger partial charge in [0.05, 0.1) is 12.5 Å². The van der Waals surface area contributed by atoms with E-state index in [-0.39, 0.29) is 0 Å². The normalized spacial score (nSPS) is 18.2. The Morgan fingerprint density at radius 1 is 1.31 bits per heavy atom. The van der Waals surface area contributed by atoms with Gasteiger partial charge in [-0.05, 0) is 19.6 Å². The third-order valence-electron chi connectivity index (χ3n) is 1.34. The van der Waals surface area contributed by atoms with Crippen molar-refractivity contribution in [1.82, 2.24) is 9.80 Å². The van der Waals surface area contributed by atoms with Crippen LogP contribution in [0.25, 0.3) is 0 Å². The second-order valence-corrected chi connectivity index (χ2v) is 6.81. The lowest BCUT2D eigenvalue weighted by molar-refractivity contribution is 0.278. The molecule has 0 aromatic rings. The Bertz CT molecular complexity index is 151. The van der Waals surface area contributed by atoms with E-state index in [9.17, 15) is 0 Å². The van der Waals surface area contributed by atoms with Gasteiger partial charge in [0, 0.05) is 7.05 Å². The van der Waals surface area contributed by atoms with Crippen molar-refractivity contribution in [2.75, 3.05) is 39.2 Å². The van der Waals surface area contributed by atoms with Crippen LogP contribution in [0.15, 0.2) is 0 Å². The Kier molecular flexibility index (Phi) is 8.80. The molecule has 6 heteroatoms. The first-order chi connectivity index (χ1) is 6.11. The summed E-state index contributed by atoms with van der Waals surface area (Å²) in [6.07, 6.45) is 4.12. The molecule has 13 heavy (non-hydrogen) atoms. The van der Waals surface area contributed by atoms with E-state index in [1.54, 1.807) is 33.3 Å². The largest absolute Gasteiger partial charge is 0.348 e. The molecule has 0 amide bonds. The van der Waals surface area contributed by atoms with Crippen molar-refractivity contribution in [1.29, 1.82) is 0 Å². The van der Waals surface area contributed by atoms with E-state index >= 15 is 0 Å². The van der Waals surface area contributed by atoms with Gasteiger partial charge >= 0.3 is 0 Å². The molecule has 1 rings (SSSR count). The van der Waals surface area contributed by atoms with Crippen LogP contribution in [0.5, 0.6) is 0 Å². The predicted octanol–water partition coefficient (Wildman–Crippen LogP) is 2.42. The van der Waals surface area contributed by atoms with Crippen molar-refractivity contribution in [2.24, 2.45) is 0 Å². The molecule has 0 N–H and O–H groups in total. The quantitative estimate of drug-likeness (QED) is 0.521. The predicted molar refractivity (Wildman–Crippen MR) is 72.5 cm³/mol. The molecule has 1 aliphatic heterocycles. The first kappa shape index (κ1) is 13.9. The van der Waals surface area contributed by atoms with Gasteiger partial charge in [-0.1, -0.05) is 45.6 Å². The molecule has 1 saturated heterocycles. The molecule has 0 unspecified atom stereocenters. The highest BCUT2D eigenvalue weighted by Gasteiger charge is 2.13. The summed E-state index contributed by atoms with van der Waals surface area (Å²) >= 11 is 6.76. The van der Waals surface area contributed by atoms with Gasteiger partial charge in [-0.3, -0.25) is 4.90 Å². The van der Waals surface area contributed by atoms with Crippen LogP contribution in [0.4, 0.5) is 0 Å². The minimum atomic E-state index is 0.964. The second-order valence-electron chi connectivity index (χ2n) is 2.57. The van der Waals surface area contributed by atoms with Gasteiger partial charge in [-0.25, -0.2) is 0 Å². The van der Waals surface area contributed by atoms with Crippen molar-refractivity contribution in [3.63, 3.8) is 0 Å². The van der Waals surface area contributed by atoms with Crippen molar-refractivity contribution in [3.8, 4) is 0 Å². The summed E-state index contributed by atoms with van der Waals surface area (Å²) in [4.78, 5) is 4.30. The maximum atomic E-state index is 5.04. The summed E-state index contributed by atoms with van der Waals surface area (Å²) in [5.41, 5.74) is 0. The van der Waals surface area contributed by atoms with Gasteiger partial charge in [0.2, 0.25) is 0 Å². The molecule has 0 aliphatic carbocycles. The lowest BCUT2D eigenvalue weighted by Crippen LogP contribution is -2.40. The van der Waals surface area contributed by atoms with Crippen LogP contribution in [-0.2, 0) is 0 Å². The zero-order valence-corrected chi connectivity index (χ0v) is 11.7. The van der Waals surface area contributed by atoms with Crippen molar-refractivity contribution in [3.05, 3.63) is 0 Å². The van der Waals surface area contributed by atoms with Crippen LogP contribution in [0, 0.1) is 0 Å².